The van der Waals surface area contributed by atoms with Gasteiger partial charge in [-0.15, -0.1) is 0 Å². The van der Waals surface area contributed by atoms with E-state index in [1.807, 2.05) is 38.1 Å². The summed E-state index contributed by atoms with van der Waals surface area (Å²) in [5, 5.41) is 8.80. The molecule has 0 saturated carbocycles. The number of carboxylic acids is 1. The van der Waals surface area contributed by atoms with Gasteiger partial charge >= 0.3 is 5.97 Å². The lowest BCUT2D eigenvalue weighted by atomic mass is 10.1. The Morgan fingerprint density at radius 3 is 2.32 bits per heavy atom. The molecule has 19 heavy (non-hydrogen) atoms. The van der Waals surface area contributed by atoms with E-state index in [0.29, 0.717) is 12.8 Å². The van der Waals surface area contributed by atoms with Gasteiger partial charge in [-0.05, 0) is 38.0 Å². The molecule has 4 nitrogen and oxygen atoms in total. The molecular formula is C14H18BrNO3. The molecule has 1 amide bonds. The Balaban J connectivity index is 2.57. The summed E-state index contributed by atoms with van der Waals surface area (Å²) < 4.78 is 0.997. The van der Waals surface area contributed by atoms with Crippen LogP contribution in [0.4, 0.5) is 0 Å². The van der Waals surface area contributed by atoms with E-state index in [9.17, 15) is 9.59 Å². The van der Waals surface area contributed by atoms with Crippen LogP contribution in [0.1, 0.15) is 25.8 Å². The SMILES string of the molecule is CC(C)N(CC(=O)O)C(=O)CCc1ccc(Br)cc1. The molecule has 1 aromatic rings. The molecular weight excluding hydrogens is 310 g/mol. The van der Waals surface area contributed by atoms with E-state index < -0.39 is 5.97 Å². The Hall–Kier alpha value is -1.36. The third-order valence-corrected chi connectivity index (χ3v) is 3.32. The number of benzene rings is 1. The molecule has 0 aliphatic rings. The van der Waals surface area contributed by atoms with Crippen LogP contribution < -0.4 is 0 Å². The number of carboxylic acid groups (broad SMARTS) is 1. The second-order valence-electron chi connectivity index (χ2n) is 4.64. The minimum atomic E-state index is -0.981. The number of aliphatic carboxylic acids is 1. The Bertz CT molecular complexity index is 443. The maximum atomic E-state index is 12.0. The van der Waals surface area contributed by atoms with Crippen molar-refractivity contribution in [2.45, 2.75) is 32.7 Å². The average molecular weight is 328 g/mol. The average Bonchev–Trinajstić information content (AvgIpc) is 2.34. The Labute approximate surface area is 121 Å². The number of rotatable bonds is 6. The number of amides is 1. The van der Waals surface area contributed by atoms with Crippen molar-refractivity contribution >= 4 is 27.8 Å². The number of nitrogens with zero attached hydrogens (tertiary/aromatic N) is 1. The highest BCUT2D eigenvalue weighted by atomic mass is 79.9. The monoisotopic (exact) mass is 327 g/mol. The van der Waals surface area contributed by atoms with Crippen LogP contribution in [0.3, 0.4) is 0 Å². The molecule has 1 N–H and O–H groups in total. The van der Waals surface area contributed by atoms with Gasteiger partial charge in [0.05, 0.1) is 0 Å². The van der Waals surface area contributed by atoms with Gasteiger partial charge < -0.3 is 10.0 Å². The maximum absolute atomic E-state index is 12.0. The summed E-state index contributed by atoms with van der Waals surface area (Å²) >= 11 is 3.35. The van der Waals surface area contributed by atoms with Gasteiger partial charge in [-0.3, -0.25) is 9.59 Å². The van der Waals surface area contributed by atoms with E-state index in [1.54, 1.807) is 0 Å². The van der Waals surface area contributed by atoms with E-state index in [2.05, 4.69) is 15.9 Å². The second-order valence-corrected chi connectivity index (χ2v) is 5.55. The molecule has 0 saturated heterocycles. The molecule has 0 unspecified atom stereocenters. The minimum Gasteiger partial charge on any atom is -0.480 e. The highest BCUT2D eigenvalue weighted by Crippen LogP contribution is 2.12. The van der Waals surface area contributed by atoms with Crippen molar-refractivity contribution in [3.8, 4) is 0 Å². The number of carbonyl (C=O) groups excluding carboxylic acids is 1. The van der Waals surface area contributed by atoms with Gasteiger partial charge in [0.2, 0.25) is 5.91 Å². The van der Waals surface area contributed by atoms with E-state index in [1.165, 1.54) is 4.90 Å². The number of halogens is 1. The Morgan fingerprint density at radius 1 is 1.26 bits per heavy atom. The molecule has 0 bridgehead atoms. The van der Waals surface area contributed by atoms with Crippen LogP contribution in [-0.4, -0.2) is 34.5 Å². The first-order valence-electron chi connectivity index (χ1n) is 6.16. The van der Waals surface area contributed by atoms with E-state index in [-0.39, 0.29) is 18.5 Å². The fourth-order valence-electron chi connectivity index (χ4n) is 1.75. The van der Waals surface area contributed by atoms with Crippen LogP contribution in [0.2, 0.25) is 0 Å². The summed E-state index contributed by atoms with van der Waals surface area (Å²) in [6.07, 6.45) is 0.946. The summed E-state index contributed by atoms with van der Waals surface area (Å²) in [6.45, 7) is 3.40. The van der Waals surface area contributed by atoms with Crippen LogP contribution in [-0.2, 0) is 16.0 Å². The number of aryl methyl sites for hydroxylation is 1. The number of hydrogen-bond acceptors (Lipinski definition) is 2. The topological polar surface area (TPSA) is 57.6 Å². The van der Waals surface area contributed by atoms with Crippen molar-refractivity contribution in [3.63, 3.8) is 0 Å². The van der Waals surface area contributed by atoms with Gasteiger partial charge in [0.1, 0.15) is 6.54 Å². The molecule has 5 heteroatoms. The molecule has 0 radical (unpaired) electrons. The lowest BCUT2D eigenvalue weighted by Crippen LogP contribution is -2.40. The van der Waals surface area contributed by atoms with Gasteiger partial charge in [0, 0.05) is 16.9 Å². The molecule has 1 rings (SSSR count). The van der Waals surface area contributed by atoms with Gasteiger partial charge in [0.15, 0.2) is 0 Å². The van der Waals surface area contributed by atoms with Crippen LogP contribution >= 0.6 is 15.9 Å². The van der Waals surface area contributed by atoms with Crippen LogP contribution in [0.25, 0.3) is 0 Å². The van der Waals surface area contributed by atoms with Gasteiger partial charge in [-0.25, -0.2) is 0 Å². The highest BCUT2D eigenvalue weighted by molar-refractivity contribution is 9.10. The highest BCUT2D eigenvalue weighted by Gasteiger charge is 2.19. The Morgan fingerprint density at radius 2 is 1.84 bits per heavy atom. The van der Waals surface area contributed by atoms with E-state index in [4.69, 9.17) is 5.11 Å². The zero-order valence-corrected chi connectivity index (χ0v) is 12.7. The molecule has 0 aromatic heterocycles. The largest absolute Gasteiger partial charge is 0.480 e. The van der Waals surface area contributed by atoms with Crippen LogP contribution in [0.5, 0.6) is 0 Å². The van der Waals surface area contributed by atoms with Crippen molar-refractivity contribution in [3.05, 3.63) is 34.3 Å². The van der Waals surface area contributed by atoms with Crippen molar-refractivity contribution < 1.29 is 14.7 Å². The molecule has 0 atom stereocenters. The van der Waals surface area contributed by atoms with Crippen molar-refractivity contribution in [1.82, 2.24) is 4.90 Å². The standard InChI is InChI=1S/C14H18BrNO3/c1-10(2)16(9-14(18)19)13(17)8-5-11-3-6-12(15)7-4-11/h3-4,6-7,10H,5,8-9H2,1-2H3,(H,18,19). The molecule has 0 heterocycles. The zero-order valence-electron chi connectivity index (χ0n) is 11.1. The normalized spacial score (nSPS) is 10.5. The van der Waals surface area contributed by atoms with Crippen LogP contribution in [0, 0.1) is 0 Å². The molecule has 0 spiro atoms. The Kier molecular flexibility index (Phi) is 6.02. The summed E-state index contributed by atoms with van der Waals surface area (Å²) in [4.78, 5) is 24.1. The first kappa shape index (κ1) is 15.7. The predicted molar refractivity (Wildman–Crippen MR) is 76.9 cm³/mol. The number of carbonyl (C=O) groups is 2. The fraction of sp³-hybridized carbons (Fsp3) is 0.429. The van der Waals surface area contributed by atoms with E-state index in [0.717, 1.165) is 10.0 Å². The van der Waals surface area contributed by atoms with Crippen molar-refractivity contribution in [2.24, 2.45) is 0 Å². The minimum absolute atomic E-state index is 0.103. The fourth-order valence-corrected chi connectivity index (χ4v) is 2.01. The smallest absolute Gasteiger partial charge is 0.323 e. The molecule has 1 aromatic carbocycles. The van der Waals surface area contributed by atoms with E-state index >= 15 is 0 Å². The summed E-state index contributed by atoms with van der Waals surface area (Å²) in [5.74, 6) is -1.11. The molecule has 0 aliphatic heterocycles. The van der Waals surface area contributed by atoms with Crippen molar-refractivity contribution in [2.75, 3.05) is 6.54 Å². The first-order valence-corrected chi connectivity index (χ1v) is 6.95. The summed E-state index contributed by atoms with van der Waals surface area (Å²) in [7, 11) is 0. The molecule has 0 fully saturated rings. The molecule has 104 valence electrons. The molecule has 0 aliphatic carbocycles. The quantitative estimate of drug-likeness (QED) is 0.873. The third-order valence-electron chi connectivity index (χ3n) is 2.79. The lowest BCUT2D eigenvalue weighted by molar-refractivity contribution is -0.145. The van der Waals surface area contributed by atoms with Crippen LogP contribution in [0.15, 0.2) is 28.7 Å². The van der Waals surface area contributed by atoms with Crippen molar-refractivity contribution in [1.29, 1.82) is 0 Å². The van der Waals surface area contributed by atoms with Gasteiger partial charge in [-0.2, -0.15) is 0 Å². The summed E-state index contributed by atoms with van der Waals surface area (Å²) in [6, 6.07) is 7.66. The first-order chi connectivity index (χ1) is 8.90. The van der Waals surface area contributed by atoms with Gasteiger partial charge in [0.25, 0.3) is 0 Å². The predicted octanol–water partition coefficient (Wildman–Crippen LogP) is 2.70. The van der Waals surface area contributed by atoms with Gasteiger partial charge in [-0.1, -0.05) is 28.1 Å². The summed E-state index contributed by atoms with van der Waals surface area (Å²) in [5.41, 5.74) is 1.07. The lowest BCUT2D eigenvalue weighted by Gasteiger charge is -2.24. The maximum Gasteiger partial charge on any atom is 0.323 e. The zero-order chi connectivity index (χ0) is 14.4. The second kappa shape index (κ2) is 7.28. The number of hydrogen-bond donors (Lipinski definition) is 1. The third kappa shape index (κ3) is 5.42.